The van der Waals surface area contributed by atoms with Gasteiger partial charge in [0.1, 0.15) is 5.75 Å². The van der Waals surface area contributed by atoms with Crippen LogP contribution in [0.1, 0.15) is 18.3 Å². The summed E-state index contributed by atoms with van der Waals surface area (Å²) in [7, 11) is 0. The van der Waals surface area contributed by atoms with Crippen LogP contribution in [-0.2, 0) is 4.79 Å². The van der Waals surface area contributed by atoms with Crippen LogP contribution in [0.5, 0.6) is 5.75 Å². The zero-order valence-electron chi connectivity index (χ0n) is 15.0. The van der Waals surface area contributed by atoms with E-state index in [-0.39, 0.29) is 5.91 Å². The van der Waals surface area contributed by atoms with Gasteiger partial charge in [0.2, 0.25) is 0 Å². The summed E-state index contributed by atoms with van der Waals surface area (Å²) in [6.07, 6.45) is -0.677. The van der Waals surface area contributed by atoms with Crippen molar-refractivity contribution >= 4 is 23.2 Å². The minimum atomic E-state index is -0.677. The van der Waals surface area contributed by atoms with Crippen molar-refractivity contribution < 1.29 is 9.53 Å². The number of rotatable bonds is 5. The molecule has 0 aliphatic heterocycles. The molecule has 4 nitrogen and oxygen atoms in total. The van der Waals surface area contributed by atoms with Gasteiger partial charge >= 0.3 is 0 Å². The van der Waals surface area contributed by atoms with E-state index in [1.54, 1.807) is 19.1 Å². The second-order valence-corrected chi connectivity index (χ2v) is 6.56. The molecule has 5 heteroatoms. The molecule has 0 radical (unpaired) electrons. The lowest BCUT2D eigenvalue weighted by Gasteiger charge is -2.19. The number of halogens is 1. The van der Waals surface area contributed by atoms with E-state index in [2.05, 4.69) is 22.0 Å². The number of ether oxygens (including phenoxy) is 1. The average molecular weight is 369 g/mol. The standard InChI is InChI=1S/C21H21ClN2O2/c1-14-12-13-15(2)24(14)19-10-6-7-11-20(19)26-16(3)21(25)23-18-9-5-4-8-17(18)22/h4-13,16H,1-3H3,(H,23,25). The van der Waals surface area contributed by atoms with E-state index in [0.717, 1.165) is 17.1 Å². The molecule has 0 bridgehead atoms. The summed E-state index contributed by atoms with van der Waals surface area (Å²) in [6, 6.07) is 18.9. The highest BCUT2D eigenvalue weighted by molar-refractivity contribution is 6.33. The van der Waals surface area contributed by atoms with E-state index in [1.165, 1.54) is 0 Å². The zero-order chi connectivity index (χ0) is 18.7. The van der Waals surface area contributed by atoms with Gasteiger partial charge in [0.25, 0.3) is 5.91 Å². The van der Waals surface area contributed by atoms with Crippen LogP contribution in [-0.4, -0.2) is 16.6 Å². The Kier molecular flexibility index (Phi) is 5.33. The Balaban J connectivity index is 1.81. The molecule has 1 aromatic heterocycles. The number of amides is 1. The summed E-state index contributed by atoms with van der Waals surface area (Å²) in [5, 5.41) is 3.30. The Labute approximate surface area is 158 Å². The first-order valence-corrected chi connectivity index (χ1v) is 8.81. The van der Waals surface area contributed by atoms with Crippen molar-refractivity contribution in [2.24, 2.45) is 0 Å². The molecular weight excluding hydrogens is 348 g/mol. The van der Waals surface area contributed by atoms with Crippen molar-refractivity contribution in [3.8, 4) is 11.4 Å². The number of nitrogens with zero attached hydrogens (tertiary/aromatic N) is 1. The van der Waals surface area contributed by atoms with Gasteiger partial charge in [0.15, 0.2) is 6.10 Å². The first-order chi connectivity index (χ1) is 12.5. The molecule has 26 heavy (non-hydrogen) atoms. The predicted octanol–water partition coefficient (Wildman–Crippen LogP) is 5.15. The van der Waals surface area contributed by atoms with Gasteiger partial charge in [0, 0.05) is 11.4 Å². The topological polar surface area (TPSA) is 43.3 Å². The molecule has 0 fully saturated rings. The first-order valence-electron chi connectivity index (χ1n) is 8.44. The number of para-hydroxylation sites is 3. The Morgan fingerprint density at radius 3 is 2.31 bits per heavy atom. The van der Waals surface area contributed by atoms with Crippen molar-refractivity contribution in [1.82, 2.24) is 4.57 Å². The molecular formula is C21H21ClN2O2. The lowest BCUT2D eigenvalue weighted by molar-refractivity contribution is -0.122. The van der Waals surface area contributed by atoms with Crippen LogP contribution in [0.25, 0.3) is 5.69 Å². The fourth-order valence-corrected chi connectivity index (χ4v) is 3.01. The second kappa shape index (κ2) is 7.67. The normalized spacial score (nSPS) is 11.8. The van der Waals surface area contributed by atoms with E-state index < -0.39 is 6.10 Å². The van der Waals surface area contributed by atoms with E-state index in [0.29, 0.717) is 16.5 Å². The van der Waals surface area contributed by atoms with Crippen molar-refractivity contribution in [2.45, 2.75) is 26.9 Å². The van der Waals surface area contributed by atoms with Gasteiger partial charge in [-0.2, -0.15) is 0 Å². The van der Waals surface area contributed by atoms with Crippen LogP contribution in [0.15, 0.2) is 60.7 Å². The molecule has 1 heterocycles. The van der Waals surface area contributed by atoms with Crippen LogP contribution in [0.4, 0.5) is 5.69 Å². The number of carbonyl (C=O) groups excluding carboxylic acids is 1. The number of aromatic nitrogens is 1. The SMILES string of the molecule is Cc1ccc(C)n1-c1ccccc1OC(C)C(=O)Nc1ccccc1Cl. The van der Waals surface area contributed by atoms with Crippen molar-refractivity contribution in [2.75, 3.05) is 5.32 Å². The van der Waals surface area contributed by atoms with E-state index in [9.17, 15) is 4.79 Å². The van der Waals surface area contributed by atoms with Crippen molar-refractivity contribution in [1.29, 1.82) is 0 Å². The monoisotopic (exact) mass is 368 g/mol. The molecule has 0 spiro atoms. The summed E-state index contributed by atoms with van der Waals surface area (Å²) < 4.78 is 8.08. The fourth-order valence-electron chi connectivity index (χ4n) is 2.83. The number of hydrogen-bond donors (Lipinski definition) is 1. The average Bonchev–Trinajstić information content (AvgIpc) is 2.96. The molecule has 2 aromatic carbocycles. The van der Waals surface area contributed by atoms with Gasteiger partial charge in [-0.25, -0.2) is 0 Å². The number of benzene rings is 2. The Hall–Kier alpha value is -2.72. The molecule has 3 rings (SSSR count). The Morgan fingerprint density at radius 1 is 1.00 bits per heavy atom. The Bertz CT molecular complexity index is 914. The maximum Gasteiger partial charge on any atom is 0.265 e. The summed E-state index contributed by atoms with van der Waals surface area (Å²) >= 11 is 6.10. The highest BCUT2D eigenvalue weighted by Gasteiger charge is 2.18. The van der Waals surface area contributed by atoms with Gasteiger partial charge in [0.05, 0.1) is 16.4 Å². The minimum absolute atomic E-state index is 0.256. The third-order valence-corrected chi connectivity index (χ3v) is 4.51. The van der Waals surface area contributed by atoms with Crippen molar-refractivity contribution in [3.63, 3.8) is 0 Å². The molecule has 134 valence electrons. The molecule has 3 aromatic rings. The highest BCUT2D eigenvalue weighted by atomic mass is 35.5. The van der Waals surface area contributed by atoms with Crippen molar-refractivity contribution in [3.05, 3.63) is 77.1 Å². The molecule has 1 atom stereocenters. The maximum atomic E-state index is 12.5. The number of hydrogen-bond acceptors (Lipinski definition) is 2. The Morgan fingerprint density at radius 2 is 1.62 bits per heavy atom. The molecule has 0 aliphatic carbocycles. The van der Waals surface area contributed by atoms with E-state index in [4.69, 9.17) is 16.3 Å². The minimum Gasteiger partial charge on any atom is -0.479 e. The third kappa shape index (κ3) is 3.75. The predicted molar refractivity (Wildman–Crippen MR) is 105 cm³/mol. The lowest BCUT2D eigenvalue weighted by Crippen LogP contribution is -2.30. The number of nitrogens with one attached hydrogen (secondary N) is 1. The second-order valence-electron chi connectivity index (χ2n) is 6.15. The summed E-state index contributed by atoms with van der Waals surface area (Å²) in [6.45, 7) is 5.80. The first kappa shape index (κ1) is 18.1. The molecule has 1 N–H and O–H groups in total. The highest BCUT2D eigenvalue weighted by Crippen LogP contribution is 2.27. The lowest BCUT2D eigenvalue weighted by atomic mass is 10.2. The molecule has 0 saturated carbocycles. The molecule has 1 unspecified atom stereocenters. The van der Waals surface area contributed by atoms with Gasteiger partial charge in [-0.1, -0.05) is 35.9 Å². The van der Waals surface area contributed by atoms with Crippen LogP contribution in [0.3, 0.4) is 0 Å². The van der Waals surface area contributed by atoms with Gasteiger partial charge in [-0.15, -0.1) is 0 Å². The zero-order valence-corrected chi connectivity index (χ0v) is 15.7. The van der Waals surface area contributed by atoms with Gasteiger partial charge < -0.3 is 14.6 Å². The largest absolute Gasteiger partial charge is 0.479 e. The molecule has 0 saturated heterocycles. The number of carbonyl (C=O) groups is 1. The molecule has 1 amide bonds. The van der Waals surface area contributed by atoms with E-state index in [1.807, 2.05) is 50.2 Å². The van der Waals surface area contributed by atoms with Gasteiger partial charge in [-0.3, -0.25) is 4.79 Å². The van der Waals surface area contributed by atoms with Crippen LogP contribution in [0, 0.1) is 13.8 Å². The quantitative estimate of drug-likeness (QED) is 0.676. The van der Waals surface area contributed by atoms with Crippen LogP contribution >= 0.6 is 11.6 Å². The summed E-state index contributed by atoms with van der Waals surface area (Å²) in [4.78, 5) is 12.5. The summed E-state index contributed by atoms with van der Waals surface area (Å²) in [5.74, 6) is 0.394. The smallest absolute Gasteiger partial charge is 0.265 e. The van der Waals surface area contributed by atoms with Crippen LogP contribution in [0.2, 0.25) is 5.02 Å². The number of anilines is 1. The number of aryl methyl sites for hydroxylation is 2. The van der Waals surface area contributed by atoms with Gasteiger partial charge in [-0.05, 0) is 57.2 Å². The summed E-state index contributed by atoms with van der Waals surface area (Å²) in [5.41, 5.74) is 3.68. The fraction of sp³-hybridized carbons (Fsp3) is 0.190. The third-order valence-electron chi connectivity index (χ3n) is 4.18. The maximum absolute atomic E-state index is 12.5. The van der Waals surface area contributed by atoms with E-state index >= 15 is 0 Å². The van der Waals surface area contributed by atoms with Crippen LogP contribution < -0.4 is 10.1 Å². The molecule has 0 aliphatic rings.